The summed E-state index contributed by atoms with van der Waals surface area (Å²) in [5.74, 6) is 5.78. The summed E-state index contributed by atoms with van der Waals surface area (Å²) >= 11 is 3.52. The Morgan fingerprint density at radius 2 is 2.10 bits per heavy atom. The minimum Gasteiger partial charge on any atom is -0.372 e. The molecule has 1 aromatic carbocycles. The van der Waals surface area contributed by atoms with Crippen LogP contribution in [0.2, 0.25) is 0 Å². The number of aromatic nitrogens is 2. The summed E-state index contributed by atoms with van der Waals surface area (Å²) in [6.45, 7) is 2.58. The van der Waals surface area contributed by atoms with Crippen molar-refractivity contribution in [3.05, 3.63) is 52.3 Å². The van der Waals surface area contributed by atoms with E-state index in [0.29, 0.717) is 6.61 Å². The van der Waals surface area contributed by atoms with E-state index >= 15 is 0 Å². The number of nitrogens with two attached hydrogens (primary N) is 1. The van der Waals surface area contributed by atoms with Crippen LogP contribution in [0.25, 0.3) is 0 Å². The van der Waals surface area contributed by atoms with Crippen LogP contribution in [0.5, 0.6) is 0 Å². The Bertz CT molecular complexity index is 524. The highest BCUT2D eigenvalue weighted by atomic mass is 79.9. The Hall–Kier alpha value is -1.21. The van der Waals surface area contributed by atoms with E-state index in [1.54, 1.807) is 10.9 Å². The molecule has 0 bridgehead atoms. The van der Waals surface area contributed by atoms with E-state index in [1.165, 1.54) is 0 Å². The second kappa shape index (κ2) is 6.99. The minimum absolute atomic E-state index is 0.183. The fourth-order valence-electron chi connectivity index (χ4n) is 2.29. The summed E-state index contributed by atoms with van der Waals surface area (Å²) in [6.07, 6.45) is 1.58. The average molecular weight is 339 g/mol. The molecule has 0 saturated carbocycles. The van der Waals surface area contributed by atoms with Gasteiger partial charge in [0, 0.05) is 13.7 Å². The number of hydrogen-bond donors (Lipinski definition) is 2. The first-order valence-corrected chi connectivity index (χ1v) is 7.28. The van der Waals surface area contributed by atoms with Crippen molar-refractivity contribution >= 4 is 15.9 Å². The molecular formula is C14H19BrN4O. The zero-order valence-corrected chi connectivity index (χ0v) is 13.2. The normalized spacial score (nSPS) is 14.2. The minimum atomic E-state index is -0.195. The van der Waals surface area contributed by atoms with Gasteiger partial charge >= 0.3 is 0 Å². The fraction of sp³-hybridized carbons (Fsp3) is 0.357. The van der Waals surface area contributed by atoms with Crippen molar-refractivity contribution < 1.29 is 4.74 Å². The lowest BCUT2D eigenvalue weighted by molar-refractivity contribution is 0.0304. The first-order valence-electron chi connectivity index (χ1n) is 6.49. The van der Waals surface area contributed by atoms with Crippen LogP contribution in [-0.4, -0.2) is 16.4 Å². The van der Waals surface area contributed by atoms with Crippen LogP contribution in [0.1, 0.15) is 30.3 Å². The summed E-state index contributed by atoms with van der Waals surface area (Å²) in [5, 5.41) is 4.24. The zero-order valence-electron chi connectivity index (χ0n) is 11.6. The van der Waals surface area contributed by atoms with Gasteiger partial charge in [0.15, 0.2) is 0 Å². The topological polar surface area (TPSA) is 65.1 Å². The van der Waals surface area contributed by atoms with Crippen LogP contribution in [0.4, 0.5) is 0 Å². The standard InChI is InChI=1S/C14H19BrN4O/c1-3-20-14(10-7-5-4-6-8-10)12(18-16)13-11(15)9-17-19(13)2/h4-9,12,14,18H,3,16H2,1-2H3. The van der Waals surface area contributed by atoms with Gasteiger partial charge in [0.1, 0.15) is 6.10 Å². The highest BCUT2D eigenvalue weighted by Gasteiger charge is 2.28. The number of aryl methyl sites for hydroxylation is 1. The van der Waals surface area contributed by atoms with Crippen molar-refractivity contribution in [3.8, 4) is 0 Å². The van der Waals surface area contributed by atoms with E-state index in [0.717, 1.165) is 15.7 Å². The van der Waals surface area contributed by atoms with Gasteiger partial charge in [0.2, 0.25) is 0 Å². The fourth-order valence-corrected chi connectivity index (χ4v) is 2.88. The lowest BCUT2D eigenvalue weighted by Gasteiger charge is -2.27. The lowest BCUT2D eigenvalue weighted by Crippen LogP contribution is -2.35. The van der Waals surface area contributed by atoms with Crippen molar-refractivity contribution in [2.45, 2.75) is 19.1 Å². The monoisotopic (exact) mass is 338 g/mol. The molecule has 20 heavy (non-hydrogen) atoms. The van der Waals surface area contributed by atoms with Crippen LogP contribution in [-0.2, 0) is 11.8 Å². The van der Waals surface area contributed by atoms with Crippen molar-refractivity contribution in [2.24, 2.45) is 12.9 Å². The third kappa shape index (κ3) is 3.09. The Labute approximate surface area is 127 Å². The summed E-state index contributed by atoms with van der Waals surface area (Å²) in [4.78, 5) is 0. The summed E-state index contributed by atoms with van der Waals surface area (Å²) in [5.41, 5.74) is 4.88. The van der Waals surface area contributed by atoms with Crippen molar-refractivity contribution in [3.63, 3.8) is 0 Å². The second-order valence-electron chi connectivity index (χ2n) is 4.43. The number of ether oxygens (including phenoxy) is 1. The van der Waals surface area contributed by atoms with Crippen LogP contribution >= 0.6 is 15.9 Å². The molecule has 1 heterocycles. The van der Waals surface area contributed by atoms with Crippen molar-refractivity contribution in [2.75, 3.05) is 6.61 Å². The van der Waals surface area contributed by atoms with E-state index in [2.05, 4.69) is 26.5 Å². The quantitative estimate of drug-likeness (QED) is 0.627. The summed E-state index contributed by atoms with van der Waals surface area (Å²) in [7, 11) is 1.89. The Balaban J connectivity index is 2.41. The van der Waals surface area contributed by atoms with Gasteiger partial charge in [-0.2, -0.15) is 5.10 Å². The summed E-state index contributed by atoms with van der Waals surface area (Å²) < 4.78 is 8.61. The van der Waals surface area contributed by atoms with Crippen LogP contribution < -0.4 is 11.3 Å². The molecule has 5 nitrogen and oxygen atoms in total. The third-order valence-corrected chi connectivity index (χ3v) is 3.80. The van der Waals surface area contributed by atoms with Gasteiger partial charge in [-0.3, -0.25) is 10.5 Å². The molecule has 3 N–H and O–H groups in total. The Morgan fingerprint density at radius 3 is 2.60 bits per heavy atom. The predicted octanol–water partition coefficient (Wildman–Crippen LogP) is 2.46. The van der Waals surface area contributed by atoms with E-state index < -0.39 is 0 Å². The molecule has 2 atom stereocenters. The molecule has 0 spiro atoms. The van der Waals surface area contributed by atoms with Crippen LogP contribution in [0.3, 0.4) is 0 Å². The van der Waals surface area contributed by atoms with Crippen LogP contribution in [0.15, 0.2) is 41.0 Å². The van der Waals surface area contributed by atoms with E-state index in [9.17, 15) is 0 Å². The highest BCUT2D eigenvalue weighted by molar-refractivity contribution is 9.10. The molecule has 2 aromatic rings. The number of hydrogen-bond acceptors (Lipinski definition) is 4. The molecule has 0 radical (unpaired) electrons. The van der Waals surface area contributed by atoms with Gasteiger partial charge in [-0.1, -0.05) is 30.3 Å². The SMILES string of the molecule is CCOC(c1ccccc1)C(NN)c1c(Br)cnn1C. The predicted molar refractivity (Wildman–Crippen MR) is 81.8 cm³/mol. The first-order chi connectivity index (χ1) is 9.69. The maximum atomic E-state index is 5.91. The molecular weight excluding hydrogens is 320 g/mol. The molecule has 2 rings (SSSR count). The lowest BCUT2D eigenvalue weighted by atomic mass is 10.00. The number of benzene rings is 1. The first kappa shape index (κ1) is 15.2. The van der Waals surface area contributed by atoms with E-state index in [4.69, 9.17) is 10.6 Å². The van der Waals surface area contributed by atoms with Crippen molar-refractivity contribution in [1.82, 2.24) is 15.2 Å². The molecule has 108 valence electrons. The molecule has 0 saturated heterocycles. The van der Waals surface area contributed by atoms with E-state index in [1.807, 2.05) is 44.3 Å². The van der Waals surface area contributed by atoms with Gasteiger partial charge in [-0.25, -0.2) is 5.43 Å². The molecule has 0 aliphatic heterocycles. The number of rotatable bonds is 6. The largest absolute Gasteiger partial charge is 0.372 e. The van der Waals surface area contributed by atoms with Gasteiger partial charge in [0.05, 0.1) is 22.4 Å². The van der Waals surface area contributed by atoms with Gasteiger partial charge < -0.3 is 4.74 Å². The smallest absolute Gasteiger partial charge is 0.105 e. The number of nitrogens with zero attached hydrogens (tertiary/aromatic N) is 2. The summed E-state index contributed by atoms with van der Waals surface area (Å²) in [6, 6.07) is 9.85. The van der Waals surface area contributed by atoms with E-state index in [-0.39, 0.29) is 12.1 Å². The molecule has 0 amide bonds. The van der Waals surface area contributed by atoms with Gasteiger partial charge in [0.25, 0.3) is 0 Å². The van der Waals surface area contributed by atoms with Gasteiger partial charge in [-0.05, 0) is 28.4 Å². The zero-order chi connectivity index (χ0) is 14.5. The molecule has 2 unspecified atom stereocenters. The third-order valence-electron chi connectivity index (χ3n) is 3.19. The Kier molecular flexibility index (Phi) is 5.31. The maximum absolute atomic E-state index is 5.91. The molecule has 0 fully saturated rings. The number of nitrogens with one attached hydrogen (secondary N) is 1. The molecule has 0 aliphatic rings. The van der Waals surface area contributed by atoms with Gasteiger partial charge in [-0.15, -0.1) is 0 Å². The maximum Gasteiger partial charge on any atom is 0.105 e. The molecule has 1 aromatic heterocycles. The Morgan fingerprint density at radius 1 is 1.40 bits per heavy atom. The van der Waals surface area contributed by atoms with Crippen molar-refractivity contribution in [1.29, 1.82) is 0 Å². The highest BCUT2D eigenvalue weighted by Crippen LogP contribution is 2.34. The van der Waals surface area contributed by atoms with Crippen LogP contribution in [0, 0.1) is 0 Å². The molecule has 6 heteroatoms. The number of hydrazine groups is 1. The second-order valence-corrected chi connectivity index (χ2v) is 5.29. The average Bonchev–Trinajstić information content (AvgIpc) is 2.80. The molecule has 0 aliphatic carbocycles. The number of halogens is 1.